The Bertz CT molecular complexity index is 470. The molecule has 0 amide bonds. The standard InChI is InChI=1S/C15H28N4O2/c1-7-12-17-13(15(20)21-6)14(16)19(12)11(8-10(2)3)9-18(4)5/h10-11H,7-9,16H2,1-6H3. The molecule has 0 saturated heterocycles. The van der Waals surface area contributed by atoms with E-state index in [9.17, 15) is 4.79 Å². The zero-order valence-electron chi connectivity index (χ0n) is 14.0. The molecular weight excluding hydrogens is 268 g/mol. The van der Waals surface area contributed by atoms with Gasteiger partial charge in [-0.2, -0.15) is 0 Å². The summed E-state index contributed by atoms with van der Waals surface area (Å²) in [7, 11) is 5.42. The molecule has 120 valence electrons. The average molecular weight is 296 g/mol. The minimum absolute atomic E-state index is 0.195. The number of carbonyl (C=O) groups excluding carboxylic acids is 1. The highest BCUT2D eigenvalue weighted by atomic mass is 16.5. The third-order valence-electron chi connectivity index (χ3n) is 3.40. The fourth-order valence-electron chi connectivity index (χ4n) is 2.62. The van der Waals surface area contributed by atoms with Crippen molar-refractivity contribution < 1.29 is 9.53 Å². The predicted octanol–water partition coefficient (Wildman–Crippen LogP) is 1.96. The van der Waals surface area contributed by atoms with Gasteiger partial charge in [-0.05, 0) is 26.4 Å². The molecule has 0 radical (unpaired) electrons. The molecule has 0 bridgehead atoms. The van der Waals surface area contributed by atoms with E-state index in [1.807, 2.05) is 25.6 Å². The van der Waals surface area contributed by atoms with Crippen molar-refractivity contribution >= 4 is 11.8 Å². The van der Waals surface area contributed by atoms with E-state index in [-0.39, 0.29) is 11.7 Å². The van der Waals surface area contributed by atoms with Crippen LogP contribution in [0.4, 0.5) is 5.82 Å². The van der Waals surface area contributed by atoms with Crippen LogP contribution in [0.5, 0.6) is 0 Å². The number of aromatic nitrogens is 2. The Hall–Kier alpha value is -1.56. The van der Waals surface area contributed by atoms with Gasteiger partial charge in [0, 0.05) is 19.0 Å². The summed E-state index contributed by atoms with van der Waals surface area (Å²) in [5.74, 6) is 1.30. The van der Waals surface area contributed by atoms with Gasteiger partial charge in [-0.1, -0.05) is 20.8 Å². The molecule has 2 N–H and O–H groups in total. The first-order chi connectivity index (χ1) is 9.81. The molecule has 21 heavy (non-hydrogen) atoms. The summed E-state index contributed by atoms with van der Waals surface area (Å²) in [6.07, 6.45) is 1.70. The molecule has 0 aliphatic rings. The van der Waals surface area contributed by atoms with Crippen LogP contribution in [0, 0.1) is 5.92 Å². The number of imidazole rings is 1. The van der Waals surface area contributed by atoms with Crippen LogP contribution in [0.1, 0.15) is 49.5 Å². The largest absolute Gasteiger partial charge is 0.464 e. The molecule has 0 spiro atoms. The van der Waals surface area contributed by atoms with Gasteiger partial charge >= 0.3 is 5.97 Å². The summed E-state index contributed by atoms with van der Waals surface area (Å²) in [5.41, 5.74) is 6.41. The maximum atomic E-state index is 11.8. The Balaban J connectivity index is 3.28. The van der Waals surface area contributed by atoms with Gasteiger partial charge in [-0.3, -0.25) is 0 Å². The summed E-state index contributed by atoms with van der Waals surface area (Å²) in [5, 5.41) is 0. The lowest BCUT2D eigenvalue weighted by Crippen LogP contribution is -2.27. The van der Waals surface area contributed by atoms with Crippen molar-refractivity contribution in [3.05, 3.63) is 11.5 Å². The molecule has 0 aliphatic heterocycles. The zero-order chi connectivity index (χ0) is 16.2. The van der Waals surface area contributed by atoms with Crippen molar-refractivity contribution in [1.82, 2.24) is 14.5 Å². The molecule has 1 aromatic heterocycles. The van der Waals surface area contributed by atoms with Gasteiger partial charge in [0.1, 0.15) is 11.6 Å². The molecule has 0 fully saturated rings. The van der Waals surface area contributed by atoms with E-state index in [4.69, 9.17) is 10.5 Å². The molecule has 0 saturated carbocycles. The Kier molecular flexibility index (Phi) is 6.20. The molecule has 6 nitrogen and oxygen atoms in total. The number of likely N-dealkylation sites (N-methyl/N-ethyl adjacent to an activating group) is 1. The Morgan fingerprint density at radius 3 is 2.48 bits per heavy atom. The molecule has 1 atom stereocenters. The summed E-state index contributed by atoms with van der Waals surface area (Å²) in [4.78, 5) is 18.3. The van der Waals surface area contributed by atoms with Crippen molar-refractivity contribution in [3.63, 3.8) is 0 Å². The van der Waals surface area contributed by atoms with Gasteiger partial charge in [-0.15, -0.1) is 0 Å². The second-order valence-corrected chi connectivity index (χ2v) is 6.02. The summed E-state index contributed by atoms with van der Waals surface area (Å²) in [6, 6.07) is 0.195. The highest BCUT2D eigenvalue weighted by Gasteiger charge is 2.25. The highest BCUT2D eigenvalue weighted by molar-refractivity contribution is 5.92. The second kappa shape index (κ2) is 7.45. The first kappa shape index (κ1) is 17.5. The number of nitrogens with two attached hydrogens (primary N) is 1. The lowest BCUT2D eigenvalue weighted by molar-refractivity contribution is 0.0595. The van der Waals surface area contributed by atoms with Gasteiger partial charge in [0.15, 0.2) is 5.69 Å². The van der Waals surface area contributed by atoms with Crippen molar-refractivity contribution in [2.75, 3.05) is 33.5 Å². The van der Waals surface area contributed by atoms with Crippen LogP contribution < -0.4 is 5.73 Å². The van der Waals surface area contributed by atoms with Crippen LogP contribution in [-0.2, 0) is 11.2 Å². The van der Waals surface area contributed by atoms with E-state index in [0.717, 1.165) is 25.2 Å². The molecule has 6 heteroatoms. The van der Waals surface area contributed by atoms with E-state index >= 15 is 0 Å². The van der Waals surface area contributed by atoms with Gasteiger partial charge in [0.2, 0.25) is 0 Å². The number of aryl methyl sites for hydroxylation is 1. The summed E-state index contributed by atoms with van der Waals surface area (Å²) < 4.78 is 6.77. The highest BCUT2D eigenvalue weighted by Crippen LogP contribution is 2.27. The van der Waals surface area contributed by atoms with E-state index in [0.29, 0.717) is 11.7 Å². The summed E-state index contributed by atoms with van der Waals surface area (Å²) in [6.45, 7) is 7.24. The third kappa shape index (κ3) is 4.20. The number of nitrogens with zero attached hydrogens (tertiary/aromatic N) is 3. The topological polar surface area (TPSA) is 73.4 Å². The maximum Gasteiger partial charge on any atom is 0.360 e. The Morgan fingerprint density at radius 1 is 1.43 bits per heavy atom. The number of hydrogen-bond acceptors (Lipinski definition) is 5. The van der Waals surface area contributed by atoms with E-state index in [1.54, 1.807) is 0 Å². The van der Waals surface area contributed by atoms with Crippen LogP contribution in [0.25, 0.3) is 0 Å². The van der Waals surface area contributed by atoms with E-state index < -0.39 is 5.97 Å². The lowest BCUT2D eigenvalue weighted by Gasteiger charge is -2.26. The Morgan fingerprint density at radius 2 is 2.05 bits per heavy atom. The number of hydrogen-bond donors (Lipinski definition) is 1. The maximum absolute atomic E-state index is 11.8. The summed E-state index contributed by atoms with van der Waals surface area (Å²) >= 11 is 0. The van der Waals surface area contributed by atoms with Gasteiger partial charge in [0.05, 0.1) is 7.11 Å². The Labute approximate surface area is 127 Å². The molecule has 1 aromatic rings. The zero-order valence-corrected chi connectivity index (χ0v) is 14.0. The number of methoxy groups -OCH3 is 1. The minimum Gasteiger partial charge on any atom is -0.464 e. The van der Waals surface area contributed by atoms with Crippen molar-refractivity contribution in [2.45, 2.75) is 39.7 Å². The first-order valence-electron chi connectivity index (χ1n) is 7.41. The molecular formula is C15H28N4O2. The van der Waals surface area contributed by atoms with Crippen molar-refractivity contribution in [2.24, 2.45) is 5.92 Å². The predicted molar refractivity (Wildman–Crippen MR) is 84.4 cm³/mol. The smallest absolute Gasteiger partial charge is 0.360 e. The minimum atomic E-state index is -0.478. The fraction of sp³-hybridized carbons (Fsp3) is 0.733. The number of anilines is 1. The number of nitrogen functional groups attached to an aromatic ring is 1. The van der Waals surface area contributed by atoms with E-state index in [2.05, 4.69) is 23.7 Å². The van der Waals surface area contributed by atoms with Crippen LogP contribution in [0.15, 0.2) is 0 Å². The van der Waals surface area contributed by atoms with Crippen LogP contribution in [0.3, 0.4) is 0 Å². The first-order valence-corrected chi connectivity index (χ1v) is 7.41. The normalized spacial score (nSPS) is 13.0. The van der Waals surface area contributed by atoms with Gasteiger partial charge in [0.25, 0.3) is 0 Å². The molecule has 0 aliphatic carbocycles. The lowest BCUT2D eigenvalue weighted by atomic mass is 10.0. The molecule has 1 heterocycles. The third-order valence-corrected chi connectivity index (χ3v) is 3.40. The molecule has 0 aromatic carbocycles. The van der Waals surface area contributed by atoms with E-state index in [1.165, 1.54) is 7.11 Å². The van der Waals surface area contributed by atoms with Crippen LogP contribution in [0.2, 0.25) is 0 Å². The average Bonchev–Trinajstić information content (AvgIpc) is 2.73. The van der Waals surface area contributed by atoms with Gasteiger partial charge < -0.3 is 19.9 Å². The number of esters is 1. The van der Waals surface area contributed by atoms with Crippen molar-refractivity contribution in [1.29, 1.82) is 0 Å². The quantitative estimate of drug-likeness (QED) is 0.779. The monoisotopic (exact) mass is 296 g/mol. The molecule has 1 rings (SSSR count). The van der Waals surface area contributed by atoms with Crippen LogP contribution in [-0.4, -0.2) is 48.2 Å². The number of carbonyl (C=O) groups is 1. The number of rotatable bonds is 7. The second-order valence-electron chi connectivity index (χ2n) is 6.02. The molecule has 1 unspecified atom stereocenters. The SMILES string of the molecule is CCc1nc(C(=O)OC)c(N)n1C(CC(C)C)CN(C)C. The number of ether oxygens (including phenoxy) is 1. The van der Waals surface area contributed by atoms with Gasteiger partial charge in [-0.25, -0.2) is 9.78 Å². The van der Waals surface area contributed by atoms with Crippen molar-refractivity contribution in [3.8, 4) is 0 Å². The fourth-order valence-corrected chi connectivity index (χ4v) is 2.62. The van der Waals surface area contributed by atoms with Crippen LogP contribution >= 0.6 is 0 Å².